The van der Waals surface area contributed by atoms with Crippen LogP contribution in [-0.4, -0.2) is 22.2 Å². The maximum absolute atomic E-state index is 8.95. The van der Waals surface area contributed by atoms with Crippen molar-refractivity contribution in [2.75, 3.05) is 0 Å². The summed E-state index contributed by atoms with van der Waals surface area (Å²) in [7, 11) is -1.37. The maximum atomic E-state index is 8.95. The van der Waals surface area contributed by atoms with Gasteiger partial charge in [-0.1, -0.05) is 6.42 Å². The van der Waals surface area contributed by atoms with E-state index in [1.165, 1.54) is 19.3 Å². The standard InChI is InChI=1S/C9H12BNO2/c12-10(13)8-4-5-11-9(6-8)7-2-1-3-7/h4-7,12-13H,1-3H2. The molecule has 13 heavy (non-hydrogen) atoms. The molecule has 0 amide bonds. The van der Waals surface area contributed by atoms with E-state index in [-0.39, 0.29) is 0 Å². The molecule has 1 aliphatic rings. The van der Waals surface area contributed by atoms with E-state index < -0.39 is 7.12 Å². The van der Waals surface area contributed by atoms with Gasteiger partial charge in [-0.25, -0.2) is 0 Å². The van der Waals surface area contributed by atoms with Crippen LogP contribution in [0.4, 0.5) is 0 Å². The summed E-state index contributed by atoms with van der Waals surface area (Å²) >= 11 is 0. The predicted octanol–water partition coefficient (Wildman–Crippen LogP) is 0.0289. The van der Waals surface area contributed by atoms with Crippen LogP contribution in [0.3, 0.4) is 0 Å². The molecule has 1 aromatic heterocycles. The molecule has 0 unspecified atom stereocenters. The van der Waals surface area contributed by atoms with E-state index in [2.05, 4.69) is 4.98 Å². The highest BCUT2D eigenvalue weighted by Crippen LogP contribution is 2.34. The fourth-order valence-corrected chi connectivity index (χ4v) is 1.55. The van der Waals surface area contributed by atoms with Gasteiger partial charge >= 0.3 is 7.12 Å². The average Bonchev–Trinajstić information content (AvgIpc) is 2.01. The molecule has 0 atom stereocenters. The average molecular weight is 177 g/mol. The van der Waals surface area contributed by atoms with Crippen LogP contribution in [0.15, 0.2) is 18.3 Å². The quantitative estimate of drug-likeness (QED) is 0.626. The highest BCUT2D eigenvalue weighted by atomic mass is 16.4. The Morgan fingerprint density at radius 2 is 2.15 bits per heavy atom. The summed E-state index contributed by atoms with van der Waals surface area (Å²) in [5.41, 5.74) is 1.54. The maximum Gasteiger partial charge on any atom is 0.488 e. The largest absolute Gasteiger partial charge is 0.488 e. The van der Waals surface area contributed by atoms with Crippen molar-refractivity contribution in [3.05, 3.63) is 24.0 Å². The molecule has 0 spiro atoms. The normalized spacial score (nSPS) is 16.8. The second-order valence-corrected chi connectivity index (χ2v) is 3.52. The fraction of sp³-hybridized carbons (Fsp3) is 0.444. The van der Waals surface area contributed by atoms with Gasteiger partial charge < -0.3 is 10.0 Å². The van der Waals surface area contributed by atoms with E-state index in [0.717, 1.165) is 5.69 Å². The summed E-state index contributed by atoms with van der Waals surface area (Å²) in [6.07, 6.45) is 5.26. The van der Waals surface area contributed by atoms with E-state index >= 15 is 0 Å². The Balaban J connectivity index is 2.21. The Morgan fingerprint density at radius 1 is 1.38 bits per heavy atom. The number of aromatic nitrogens is 1. The molecule has 4 heteroatoms. The van der Waals surface area contributed by atoms with Crippen LogP contribution in [0.5, 0.6) is 0 Å². The van der Waals surface area contributed by atoms with Gasteiger partial charge in [0.05, 0.1) is 0 Å². The first-order chi connectivity index (χ1) is 6.27. The second kappa shape index (κ2) is 3.48. The molecule has 0 aromatic carbocycles. The third kappa shape index (κ3) is 1.74. The summed E-state index contributed by atoms with van der Waals surface area (Å²) in [6.45, 7) is 0. The molecule has 1 aromatic rings. The lowest BCUT2D eigenvalue weighted by Gasteiger charge is -2.24. The van der Waals surface area contributed by atoms with E-state index in [1.54, 1.807) is 18.3 Å². The molecule has 2 N–H and O–H groups in total. The molecule has 1 saturated carbocycles. The van der Waals surface area contributed by atoms with Crippen molar-refractivity contribution in [1.29, 1.82) is 0 Å². The van der Waals surface area contributed by atoms with Crippen LogP contribution in [0.25, 0.3) is 0 Å². The monoisotopic (exact) mass is 177 g/mol. The Labute approximate surface area is 77.6 Å². The Hall–Kier alpha value is -0.865. The summed E-state index contributed by atoms with van der Waals surface area (Å²) in [5, 5.41) is 17.9. The number of pyridine rings is 1. The van der Waals surface area contributed by atoms with Gasteiger partial charge in [0, 0.05) is 17.8 Å². The minimum Gasteiger partial charge on any atom is -0.423 e. The summed E-state index contributed by atoms with van der Waals surface area (Å²) in [5.74, 6) is 0.540. The van der Waals surface area contributed by atoms with Crippen LogP contribution in [-0.2, 0) is 0 Å². The van der Waals surface area contributed by atoms with Crippen LogP contribution in [0.1, 0.15) is 30.9 Å². The first-order valence-corrected chi connectivity index (χ1v) is 4.59. The molecule has 68 valence electrons. The molecule has 1 heterocycles. The van der Waals surface area contributed by atoms with Gasteiger partial charge in [-0.3, -0.25) is 4.98 Å². The molecule has 1 fully saturated rings. The van der Waals surface area contributed by atoms with E-state index in [9.17, 15) is 0 Å². The van der Waals surface area contributed by atoms with Crippen molar-refractivity contribution >= 4 is 12.6 Å². The SMILES string of the molecule is OB(O)c1ccnc(C2CCC2)c1. The van der Waals surface area contributed by atoms with Crippen LogP contribution < -0.4 is 5.46 Å². The zero-order valence-electron chi connectivity index (χ0n) is 7.35. The molecular weight excluding hydrogens is 165 g/mol. The second-order valence-electron chi connectivity index (χ2n) is 3.52. The molecule has 0 saturated heterocycles. The van der Waals surface area contributed by atoms with Gasteiger partial charge in [-0.15, -0.1) is 0 Å². The van der Waals surface area contributed by atoms with E-state index in [0.29, 0.717) is 11.4 Å². The van der Waals surface area contributed by atoms with Crippen LogP contribution in [0, 0.1) is 0 Å². The molecule has 0 radical (unpaired) electrons. The fourth-order valence-electron chi connectivity index (χ4n) is 1.55. The van der Waals surface area contributed by atoms with Gasteiger partial charge in [0.2, 0.25) is 0 Å². The Kier molecular flexibility index (Phi) is 2.33. The van der Waals surface area contributed by atoms with Crippen molar-refractivity contribution in [1.82, 2.24) is 4.98 Å². The van der Waals surface area contributed by atoms with Crippen LogP contribution in [0.2, 0.25) is 0 Å². The minimum atomic E-state index is -1.37. The Morgan fingerprint density at radius 3 is 2.69 bits per heavy atom. The predicted molar refractivity (Wildman–Crippen MR) is 50.7 cm³/mol. The van der Waals surface area contributed by atoms with Crippen molar-refractivity contribution in [3.63, 3.8) is 0 Å². The summed E-state index contributed by atoms with van der Waals surface area (Å²) < 4.78 is 0. The number of hydrogen-bond donors (Lipinski definition) is 2. The molecule has 1 aliphatic carbocycles. The Bertz CT molecular complexity index is 299. The number of rotatable bonds is 2. The lowest BCUT2D eigenvalue weighted by Crippen LogP contribution is -2.30. The van der Waals surface area contributed by atoms with Crippen LogP contribution >= 0.6 is 0 Å². The molecular formula is C9H12BNO2. The number of nitrogens with zero attached hydrogens (tertiary/aromatic N) is 1. The lowest BCUT2D eigenvalue weighted by atomic mass is 9.77. The minimum absolute atomic E-state index is 0.539. The topological polar surface area (TPSA) is 53.4 Å². The zero-order chi connectivity index (χ0) is 9.26. The molecule has 3 nitrogen and oxygen atoms in total. The van der Waals surface area contributed by atoms with E-state index in [1.807, 2.05) is 0 Å². The third-order valence-corrected chi connectivity index (χ3v) is 2.63. The lowest BCUT2D eigenvalue weighted by molar-refractivity contribution is 0.410. The molecule has 0 bridgehead atoms. The van der Waals surface area contributed by atoms with E-state index in [4.69, 9.17) is 10.0 Å². The van der Waals surface area contributed by atoms with Gasteiger partial charge in [0.25, 0.3) is 0 Å². The zero-order valence-corrected chi connectivity index (χ0v) is 7.35. The van der Waals surface area contributed by atoms with Crippen molar-refractivity contribution in [2.45, 2.75) is 25.2 Å². The van der Waals surface area contributed by atoms with Gasteiger partial charge in [0.15, 0.2) is 0 Å². The highest BCUT2D eigenvalue weighted by Gasteiger charge is 2.22. The van der Waals surface area contributed by atoms with Gasteiger partial charge in [-0.2, -0.15) is 0 Å². The smallest absolute Gasteiger partial charge is 0.423 e. The first kappa shape index (κ1) is 8.72. The molecule has 0 aliphatic heterocycles. The van der Waals surface area contributed by atoms with Gasteiger partial charge in [0.1, 0.15) is 0 Å². The first-order valence-electron chi connectivity index (χ1n) is 4.59. The van der Waals surface area contributed by atoms with Crippen molar-refractivity contribution < 1.29 is 10.0 Å². The summed E-state index contributed by atoms with van der Waals surface area (Å²) in [6, 6.07) is 3.42. The summed E-state index contributed by atoms with van der Waals surface area (Å²) in [4.78, 5) is 4.22. The highest BCUT2D eigenvalue weighted by molar-refractivity contribution is 6.58. The molecule has 2 rings (SSSR count). The third-order valence-electron chi connectivity index (χ3n) is 2.63. The number of hydrogen-bond acceptors (Lipinski definition) is 3. The van der Waals surface area contributed by atoms with Gasteiger partial charge in [-0.05, 0) is 30.4 Å². The van der Waals surface area contributed by atoms with Crippen molar-refractivity contribution in [3.8, 4) is 0 Å². The van der Waals surface area contributed by atoms with Crippen molar-refractivity contribution in [2.24, 2.45) is 0 Å².